The van der Waals surface area contributed by atoms with Crippen molar-refractivity contribution in [2.45, 2.75) is 39.7 Å². The highest BCUT2D eigenvalue weighted by Crippen LogP contribution is 2.27. The fraction of sp³-hybridized carbons (Fsp3) is 0.429. The Balaban J connectivity index is 1.55. The predicted molar refractivity (Wildman–Crippen MR) is 108 cm³/mol. The molecule has 0 unspecified atom stereocenters. The number of hydrogen-bond acceptors (Lipinski definition) is 4. The fourth-order valence-electron chi connectivity index (χ4n) is 3.93. The van der Waals surface area contributed by atoms with E-state index in [-0.39, 0.29) is 0 Å². The molecule has 2 aromatic heterocycles. The van der Waals surface area contributed by atoms with Crippen molar-refractivity contribution in [2.75, 3.05) is 25.0 Å². The summed E-state index contributed by atoms with van der Waals surface area (Å²) in [5.41, 5.74) is 5.61. The third-order valence-electron chi connectivity index (χ3n) is 5.45. The van der Waals surface area contributed by atoms with Gasteiger partial charge in [0.1, 0.15) is 5.82 Å². The molecule has 4 rings (SSSR count). The van der Waals surface area contributed by atoms with E-state index >= 15 is 0 Å². The minimum absolute atomic E-state index is 0.460. The summed E-state index contributed by atoms with van der Waals surface area (Å²) >= 11 is 0. The van der Waals surface area contributed by atoms with Crippen molar-refractivity contribution in [3.8, 4) is 11.3 Å². The lowest BCUT2D eigenvalue weighted by molar-refractivity contribution is 0.226. The van der Waals surface area contributed by atoms with E-state index in [1.54, 1.807) is 0 Å². The summed E-state index contributed by atoms with van der Waals surface area (Å²) in [6, 6.07) is 9.03. The number of likely N-dealkylation sites (tertiary alicyclic amines) is 1. The van der Waals surface area contributed by atoms with Gasteiger partial charge < -0.3 is 15.2 Å². The average molecular weight is 349 g/mol. The first-order valence-electron chi connectivity index (χ1n) is 9.55. The van der Waals surface area contributed by atoms with Gasteiger partial charge in [0.25, 0.3) is 0 Å². The van der Waals surface area contributed by atoms with Crippen molar-refractivity contribution in [3.63, 3.8) is 0 Å². The number of hydrogen-bond donors (Lipinski definition) is 2. The Labute approximate surface area is 154 Å². The van der Waals surface area contributed by atoms with E-state index in [0.29, 0.717) is 6.04 Å². The molecule has 1 aliphatic rings. The van der Waals surface area contributed by atoms with Crippen LogP contribution < -0.4 is 5.32 Å². The average Bonchev–Trinajstić information content (AvgIpc) is 3.02. The van der Waals surface area contributed by atoms with Crippen LogP contribution in [0.5, 0.6) is 0 Å². The summed E-state index contributed by atoms with van der Waals surface area (Å²) in [5, 5.41) is 13.8. The maximum absolute atomic E-state index is 4.53. The van der Waals surface area contributed by atoms with Gasteiger partial charge in [0.05, 0.1) is 5.69 Å². The van der Waals surface area contributed by atoms with E-state index < -0.39 is 0 Å². The van der Waals surface area contributed by atoms with E-state index in [1.807, 2.05) is 6.20 Å². The number of nitrogens with one attached hydrogen (secondary N) is 2. The van der Waals surface area contributed by atoms with Crippen molar-refractivity contribution in [3.05, 3.63) is 41.6 Å². The molecule has 5 heteroatoms. The van der Waals surface area contributed by atoms with Crippen molar-refractivity contribution in [1.82, 2.24) is 20.1 Å². The topological polar surface area (TPSA) is 56.8 Å². The Morgan fingerprint density at radius 3 is 2.88 bits per heavy atom. The van der Waals surface area contributed by atoms with E-state index in [1.165, 1.54) is 30.3 Å². The molecular weight excluding hydrogens is 322 g/mol. The molecule has 0 aliphatic carbocycles. The number of rotatable bonds is 4. The van der Waals surface area contributed by atoms with E-state index in [9.17, 15) is 0 Å². The molecule has 0 radical (unpaired) electrons. The summed E-state index contributed by atoms with van der Waals surface area (Å²) in [6.45, 7) is 9.86. The van der Waals surface area contributed by atoms with Gasteiger partial charge in [-0.2, -0.15) is 0 Å². The standard InChI is InChI=1S/C21H27N5/c1-4-26-9-5-6-17(13-26)23-20-10-14(2)21(25-24-20)16-7-8-18-15(3)12-22-19(18)11-16/h7-8,10-12,17,22H,4-6,9,13H2,1-3H3,(H,23,24)/t17-/m1/s1. The number of piperidine rings is 1. The lowest BCUT2D eigenvalue weighted by Crippen LogP contribution is -2.42. The summed E-state index contributed by atoms with van der Waals surface area (Å²) in [6.07, 6.45) is 4.48. The molecule has 1 aliphatic heterocycles. The highest BCUT2D eigenvalue weighted by atomic mass is 15.2. The van der Waals surface area contributed by atoms with Crippen LogP contribution in [0.15, 0.2) is 30.5 Å². The Hall–Kier alpha value is -2.40. The Bertz CT molecular complexity index is 914. The van der Waals surface area contributed by atoms with Gasteiger partial charge >= 0.3 is 0 Å². The molecule has 2 N–H and O–H groups in total. The maximum atomic E-state index is 4.53. The second-order valence-electron chi connectivity index (χ2n) is 7.37. The van der Waals surface area contributed by atoms with Crippen LogP contribution in [0.3, 0.4) is 0 Å². The van der Waals surface area contributed by atoms with Crippen molar-refractivity contribution in [1.29, 1.82) is 0 Å². The zero-order valence-electron chi connectivity index (χ0n) is 15.8. The number of aromatic nitrogens is 3. The number of anilines is 1. The van der Waals surface area contributed by atoms with Crippen LogP contribution in [0, 0.1) is 13.8 Å². The fourth-order valence-corrected chi connectivity index (χ4v) is 3.93. The number of likely N-dealkylation sites (N-methyl/N-ethyl adjacent to an activating group) is 1. The van der Waals surface area contributed by atoms with Gasteiger partial charge in [-0.1, -0.05) is 19.1 Å². The predicted octanol–water partition coefficient (Wildman–Crippen LogP) is 4.14. The zero-order valence-corrected chi connectivity index (χ0v) is 15.8. The highest BCUT2D eigenvalue weighted by Gasteiger charge is 2.19. The first-order valence-corrected chi connectivity index (χ1v) is 9.55. The second kappa shape index (κ2) is 7.08. The first kappa shape index (κ1) is 17.0. The molecule has 0 bridgehead atoms. The number of benzene rings is 1. The van der Waals surface area contributed by atoms with Crippen LogP contribution in [-0.2, 0) is 0 Å². The van der Waals surface area contributed by atoms with Gasteiger partial charge in [0.2, 0.25) is 0 Å². The molecule has 0 saturated carbocycles. The minimum Gasteiger partial charge on any atom is -0.365 e. The van der Waals surface area contributed by atoms with Gasteiger partial charge in [-0.05, 0) is 63.0 Å². The van der Waals surface area contributed by atoms with Crippen LogP contribution in [0.1, 0.15) is 30.9 Å². The SMILES string of the molecule is CCN1CCC[C@@H](Nc2cc(C)c(-c3ccc4c(C)c[nH]c4c3)nn2)C1. The van der Waals surface area contributed by atoms with Gasteiger partial charge in [-0.3, -0.25) is 0 Å². The quantitative estimate of drug-likeness (QED) is 0.743. The largest absolute Gasteiger partial charge is 0.365 e. The molecule has 3 heterocycles. The molecule has 1 fully saturated rings. The maximum Gasteiger partial charge on any atom is 0.149 e. The third kappa shape index (κ3) is 3.31. The van der Waals surface area contributed by atoms with E-state index in [4.69, 9.17) is 0 Å². The zero-order chi connectivity index (χ0) is 18.1. The van der Waals surface area contributed by atoms with Crippen molar-refractivity contribution >= 4 is 16.7 Å². The lowest BCUT2D eigenvalue weighted by Gasteiger charge is -2.32. The Kier molecular flexibility index (Phi) is 4.64. The van der Waals surface area contributed by atoms with Crippen molar-refractivity contribution in [2.24, 2.45) is 0 Å². The van der Waals surface area contributed by atoms with Crippen LogP contribution in [0.4, 0.5) is 5.82 Å². The molecule has 136 valence electrons. The normalized spacial score (nSPS) is 18.3. The third-order valence-corrected chi connectivity index (χ3v) is 5.45. The van der Waals surface area contributed by atoms with Gasteiger partial charge in [-0.15, -0.1) is 10.2 Å². The molecule has 1 saturated heterocycles. The van der Waals surface area contributed by atoms with Crippen LogP contribution in [-0.4, -0.2) is 45.8 Å². The highest BCUT2D eigenvalue weighted by molar-refractivity contribution is 5.87. The smallest absolute Gasteiger partial charge is 0.149 e. The summed E-state index contributed by atoms with van der Waals surface area (Å²) < 4.78 is 0. The van der Waals surface area contributed by atoms with Crippen LogP contribution in [0.2, 0.25) is 0 Å². The molecular formula is C21H27N5. The Morgan fingerprint density at radius 1 is 1.19 bits per heavy atom. The van der Waals surface area contributed by atoms with Gasteiger partial charge in [0, 0.05) is 35.2 Å². The van der Waals surface area contributed by atoms with Crippen LogP contribution in [0.25, 0.3) is 22.2 Å². The number of aromatic amines is 1. The van der Waals surface area contributed by atoms with E-state index in [2.05, 4.69) is 70.4 Å². The Morgan fingerprint density at radius 2 is 2.08 bits per heavy atom. The van der Waals surface area contributed by atoms with Gasteiger partial charge in [-0.25, -0.2) is 0 Å². The monoisotopic (exact) mass is 349 g/mol. The minimum atomic E-state index is 0.460. The molecule has 1 aromatic carbocycles. The lowest BCUT2D eigenvalue weighted by atomic mass is 10.0. The van der Waals surface area contributed by atoms with Crippen molar-refractivity contribution < 1.29 is 0 Å². The van der Waals surface area contributed by atoms with Gasteiger partial charge in [0.15, 0.2) is 0 Å². The summed E-state index contributed by atoms with van der Waals surface area (Å²) in [5.74, 6) is 0.881. The number of H-pyrrole nitrogens is 1. The number of aryl methyl sites for hydroxylation is 2. The molecule has 0 amide bonds. The molecule has 0 spiro atoms. The van der Waals surface area contributed by atoms with E-state index in [0.717, 1.165) is 41.2 Å². The molecule has 3 aromatic rings. The molecule has 26 heavy (non-hydrogen) atoms. The molecule has 1 atom stereocenters. The first-order chi connectivity index (χ1) is 12.6. The summed E-state index contributed by atoms with van der Waals surface area (Å²) in [7, 11) is 0. The molecule has 5 nitrogen and oxygen atoms in total. The summed E-state index contributed by atoms with van der Waals surface area (Å²) in [4.78, 5) is 5.82. The second-order valence-corrected chi connectivity index (χ2v) is 7.37. The van der Waals surface area contributed by atoms with Crippen LogP contribution >= 0.6 is 0 Å². The number of fused-ring (bicyclic) bond motifs is 1. The number of nitrogens with zero attached hydrogens (tertiary/aromatic N) is 3.